The highest BCUT2D eigenvalue weighted by atomic mass is 16.6. The van der Waals surface area contributed by atoms with Gasteiger partial charge in [0.15, 0.2) is 0 Å². The van der Waals surface area contributed by atoms with Crippen molar-refractivity contribution in [3.63, 3.8) is 0 Å². The van der Waals surface area contributed by atoms with Crippen molar-refractivity contribution in [1.82, 2.24) is 30.7 Å². The van der Waals surface area contributed by atoms with Crippen molar-refractivity contribution in [1.29, 1.82) is 5.41 Å². The molecule has 0 bridgehead atoms. The number of aromatic nitrogens is 1. The maximum atomic E-state index is 13.8. The van der Waals surface area contributed by atoms with E-state index in [1.165, 1.54) is 12.3 Å². The molecule has 22 heteroatoms. The molecule has 0 radical (unpaired) electrons. The number of alkyl carbamates (subject to hydrolysis) is 3. The Morgan fingerprint density at radius 2 is 1.07 bits per heavy atom. The molecular weight excluding hydrogens is 875 g/mol. The van der Waals surface area contributed by atoms with Gasteiger partial charge < -0.3 is 33.5 Å². The Bertz CT molecular complexity index is 1850. The third kappa shape index (κ3) is 28.4. The van der Waals surface area contributed by atoms with Crippen LogP contribution in [0.3, 0.4) is 0 Å². The van der Waals surface area contributed by atoms with Gasteiger partial charge in [-0.3, -0.25) is 26.4 Å². The number of carboxylic acid groups (broad SMARTS) is 1. The summed E-state index contributed by atoms with van der Waals surface area (Å²) in [5.41, 5.74) is -4.00. The molecule has 1 heterocycles. The summed E-state index contributed by atoms with van der Waals surface area (Å²) in [5.74, 6) is -0.621. The summed E-state index contributed by atoms with van der Waals surface area (Å²) in [6, 6.07) is 3.06. The number of hydrogen-bond donors (Lipinski definition) is 5. The fourth-order valence-corrected chi connectivity index (χ4v) is 5.16. The van der Waals surface area contributed by atoms with Gasteiger partial charge in [-0.1, -0.05) is 19.3 Å². The monoisotopic (exact) mass is 950 g/mol. The molecule has 1 rings (SSSR count). The number of amides is 6. The Hall–Kier alpha value is -6.22. The molecule has 0 atom stereocenters. The Morgan fingerprint density at radius 3 is 1.55 bits per heavy atom. The van der Waals surface area contributed by atoms with Gasteiger partial charge >= 0.3 is 36.6 Å². The number of carbonyl (C=O) groups is 6. The normalized spacial score (nSPS) is 12.1. The molecule has 0 spiro atoms. The molecule has 378 valence electrons. The van der Waals surface area contributed by atoms with Crippen molar-refractivity contribution in [2.75, 3.05) is 26.2 Å². The number of carbonyl (C=O) groups excluding carboxylic acids is 5. The van der Waals surface area contributed by atoms with Crippen LogP contribution in [-0.2, 0) is 23.7 Å². The van der Waals surface area contributed by atoms with Crippen LogP contribution in [0.4, 0.5) is 28.8 Å². The van der Waals surface area contributed by atoms with Crippen molar-refractivity contribution in [3.05, 3.63) is 23.9 Å². The highest BCUT2D eigenvalue weighted by Crippen LogP contribution is 2.18. The fraction of sp³-hybridized carbons (Fsp3) is 0.689. The fourth-order valence-electron chi connectivity index (χ4n) is 5.16. The number of hydrogen-bond acceptors (Lipinski definition) is 15. The summed E-state index contributed by atoms with van der Waals surface area (Å²) >= 11 is 0. The lowest BCUT2D eigenvalue weighted by Gasteiger charge is -2.32. The van der Waals surface area contributed by atoms with Crippen LogP contribution in [0.2, 0.25) is 0 Å². The molecule has 1 aromatic heterocycles. The van der Waals surface area contributed by atoms with Gasteiger partial charge in [0.1, 0.15) is 33.8 Å². The minimum absolute atomic E-state index is 0.121. The zero-order chi connectivity index (χ0) is 51.4. The van der Waals surface area contributed by atoms with Crippen LogP contribution in [-0.4, -0.2) is 128 Å². The van der Waals surface area contributed by atoms with E-state index in [-0.39, 0.29) is 50.3 Å². The number of aliphatic imine (C=N–C) groups is 2. The first-order valence-corrected chi connectivity index (χ1v) is 22.2. The van der Waals surface area contributed by atoms with Crippen molar-refractivity contribution in [2.24, 2.45) is 9.98 Å². The molecule has 0 aromatic carbocycles. The smallest absolute Gasteiger partial charge is 0.437 e. The van der Waals surface area contributed by atoms with E-state index < -0.39 is 70.5 Å². The molecule has 22 nitrogen and oxygen atoms in total. The molecule has 0 aliphatic rings. The summed E-state index contributed by atoms with van der Waals surface area (Å²) in [5, 5.41) is 25.8. The van der Waals surface area contributed by atoms with E-state index in [0.717, 1.165) is 9.80 Å². The van der Waals surface area contributed by atoms with Crippen LogP contribution in [0.1, 0.15) is 154 Å². The minimum atomic E-state index is -1.47. The van der Waals surface area contributed by atoms with Crippen molar-refractivity contribution < 1.29 is 62.3 Å². The molecule has 0 unspecified atom stereocenters. The van der Waals surface area contributed by atoms with Gasteiger partial charge in [0.05, 0.1) is 6.61 Å². The molecule has 67 heavy (non-hydrogen) atoms. The number of guanidine groups is 2. The largest absolute Gasteiger partial charge is 0.478 e. The van der Waals surface area contributed by atoms with Gasteiger partial charge in [-0.05, 0) is 136 Å². The second kappa shape index (κ2) is 26.2. The number of nitrogens with zero attached hydrogens (tertiary/aromatic N) is 5. The maximum absolute atomic E-state index is 13.8. The van der Waals surface area contributed by atoms with Crippen molar-refractivity contribution in [2.45, 2.75) is 177 Å². The van der Waals surface area contributed by atoms with Gasteiger partial charge in [0, 0.05) is 37.5 Å². The van der Waals surface area contributed by atoms with Gasteiger partial charge in [-0.2, -0.15) is 0 Å². The second-order valence-corrected chi connectivity index (χ2v) is 20.2. The lowest BCUT2D eigenvalue weighted by atomic mass is 10.1. The molecule has 0 saturated carbocycles. The van der Waals surface area contributed by atoms with Crippen LogP contribution >= 0.6 is 0 Å². The molecule has 6 amide bonds. The highest BCUT2D eigenvalue weighted by Gasteiger charge is 2.33. The topological polar surface area (TPSA) is 282 Å². The second-order valence-electron chi connectivity index (χ2n) is 20.2. The Kier molecular flexibility index (Phi) is 23.0. The van der Waals surface area contributed by atoms with Crippen molar-refractivity contribution in [3.8, 4) is 5.88 Å². The van der Waals surface area contributed by atoms with Crippen molar-refractivity contribution >= 4 is 54.3 Å². The standard InChI is InChI=1S/C45H75N9O13/c1-41(2,3)63-35(55)49-32(46)30-23-24-31(48-29-30)62-28-22-21-27-54(40(61)67-45(13,14)15)34(52-38(58)66-44(10,11)12)53(39(59)60)26-20-18-16-17-19-25-47-33(50-36(56)64-42(4,5)6)51-37(57)65-43(7,8)9/h23-24,29H,16-22,25-28H2,1-15H3,(H,59,60)(H2,46,49,55)(H2,47,50,51,56,57). The Balaban J connectivity index is 3.12. The van der Waals surface area contributed by atoms with Gasteiger partial charge in [-0.15, -0.1) is 4.99 Å². The van der Waals surface area contributed by atoms with E-state index in [2.05, 4.69) is 30.9 Å². The number of nitrogens with one attached hydrogen (secondary N) is 4. The first-order chi connectivity index (χ1) is 30.6. The Labute approximate surface area is 394 Å². The maximum Gasteiger partial charge on any atom is 0.437 e. The molecule has 0 saturated heterocycles. The average molecular weight is 950 g/mol. The first-order valence-electron chi connectivity index (χ1n) is 22.2. The predicted molar refractivity (Wildman–Crippen MR) is 251 cm³/mol. The third-order valence-electron chi connectivity index (χ3n) is 7.64. The number of pyridine rings is 1. The Morgan fingerprint density at radius 1 is 0.612 bits per heavy atom. The molecule has 5 N–H and O–H groups in total. The zero-order valence-electron chi connectivity index (χ0n) is 42.1. The van der Waals surface area contributed by atoms with E-state index in [1.807, 2.05) is 0 Å². The number of ether oxygens (including phenoxy) is 6. The lowest BCUT2D eigenvalue weighted by Crippen LogP contribution is -2.52. The zero-order valence-corrected chi connectivity index (χ0v) is 42.1. The summed E-state index contributed by atoms with van der Waals surface area (Å²) in [7, 11) is 0. The summed E-state index contributed by atoms with van der Waals surface area (Å²) in [6.45, 7) is 25.1. The van der Waals surface area contributed by atoms with Crippen LogP contribution in [0, 0.1) is 5.41 Å². The van der Waals surface area contributed by atoms with Gasteiger partial charge in [0.2, 0.25) is 17.8 Å². The van der Waals surface area contributed by atoms with Crippen LogP contribution in [0.25, 0.3) is 0 Å². The minimum Gasteiger partial charge on any atom is -0.478 e. The van der Waals surface area contributed by atoms with Crippen LogP contribution < -0.4 is 20.7 Å². The third-order valence-corrected chi connectivity index (χ3v) is 7.64. The molecular formula is C45H75N9O13. The summed E-state index contributed by atoms with van der Waals surface area (Å²) in [6.07, 6.45) is -1.33. The quantitative estimate of drug-likeness (QED) is 0.0475. The lowest BCUT2D eigenvalue weighted by molar-refractivity contribution is 0.0342. The van der Waals surface area contributed by atoms with E-state index in [0.29, 0.717) is 44.1 Å². The van der Waals surface area contributed by atoms with Crippen LogP contribution in [0.15, 0.2) is 28.3 Å². The van der Waals surface area contributed by atoms with E-state index >= 15 is 0 Å². The predicted octanol–water partition coefficient (Wildman–Crippen LogP) is 8.95. The molecule has 1 aromatic rings. The first kappa shape index (κ1) is 58.8. The van der Waals surface area contributed by atoms with Gasteiger partial charge in [-0.25, -0.2) is 43.6 Å². The average Bonchev–Trinajstić information content (AvgIpc) is 3.11. The van der Waals surface area contributed by atoms with Gasteiger partial charge in [0.25, 0.3) is 0 Å². The number of rotatable bonds is 15. The SMILES string of the molecule is CC(C)(C)OC(=O)N=C(N(CCCCCCCN=C(NC(=O)OC(C)(C)C)NC(=O)OC(C)(C)C)C(=O)O)N(CCCCOc1ccc(C(=N)NC(=O)OC(C)(C)C)cn1)C(=O)OC(C)(C)C. The van der Waals surface area contributed by atoms with Crippen LogP contribution in [0.5, 0.6) is 5.88 Å². The van der Waals surface area contributed by atoms with E-state index in [9.17, 15) is 33.9 Å². The molecule has 0 fully saturated rings. The summed E-state index contributed by atoms with van der Waals surface area (Å²) in [4.78, 5) is 91.0. The molecule has 0 aliphatic carbocycles. The number of unbranched alkanes of at least 4 members (excludes halogenated alkanes) is 5. The number of amidine groups is 1. The summed E-state index contributed by atoms with van der Waals surface area (Å²) < 4.78 is 32.6. The molecule has 0 aliphatic heterocycles. The van der Waals surface area contributed by atoms with E-state index in [1.54, 1.807) is 110 Å². The van der Waals surface area contributed by atoms with E-state index in [4.69, 9.17) is 33.8 Å². The highest BCUT2D eigenvalue weighted by molar-refractivity contribution is 6.05.